The Morgan fingerprint density at radius 3 is 2.29 bits per heavy atom. The quantitative estimate of drug-likeness (QED) is 0.652. The fourth-order valence-electron chi connectivity index (χ4n) is 2.02. The van der Waals surface area contributed by atoms with Crippen LogP contribution >= 0.6 is 0 Å². The lowest BCUT2D eigenvalue weighted by Crippen LogP contribution is -2.17. The van der Waals surface area contributed by atoms with E-state index in [9.17, 15) is 10.1 Å². The van der Waals surface area contributed by atoms with E-state index in [0.717, 1.165) is 16.9 Å². The molecule has 1 unspecified atom stereocenters. The summed E-state index contributed by atoms with van der Waals surface area (Å²) in [5.41, 5.74) is 2.29. The Morgan fingerprint density at radius 2 is 1.76 bits per heavy atom. The van der Waals surface area contributed by atoms with Crippen LogP contribution in [0.4, 0.5) is 5.69 Å². The lowest BCUT2D eigenvalue weighted by atomic mass is 10.1. The van der Waals surface area contributed by atoms with Gasteiger partial charge >= 0.3 is 0 Å². The number of nitro groups is 1. The van der Waals surface area contributed by atoms with Crippen molar-refractivity contribution in [3.63, 3.8) is 0 Å². The smallest absolute Gasteiger partial charge is 0.269 e. The van der Waals surface area contributed by atoms with Crippen molar-refractivity contribution in [2.75, 3.05) is 7.11 Å². The summed E-state index contributed by atoms with van der Waals surface area (Å²) in [4.78, 5) is 10.2. The van der Waals surface area contributed by atoms with Crippen molar-refractivity contribution in [3.8, 4) is 5.75 Å². The number of hydrogen-bond acceptors (Lipinski definition) is 4. The van der Waals surface area contributed by atoms with E-state index in [1.165, 1.54) is 12.1 Å². The molecule has 0 aliphatic carbocycles. The Hall–Kier alpha value is -2.40. The molecule has 2 aromatic rings. The van der Waals surface area contributed by atoms with Crippen LogP contribution in [0.25, 0.3) is 0 Å². The zero-order valence-electron chi connectivity index (χ0n) is 12.1. The summed E-state index contributed by atoms with van der Waals surface area (Å²) >= 11 is 0. The maximum atomic E-state index is 10.6. The zero-order chi connectivity index (χ0) is 15.2. The number of nitro benzene ring substituents is 1. The van der Waals surface area contributed by atoms with Crippen molar-refractivity contribution in [2.45, 2.75) is 19.5 Å². The third-order valence-corrected chi connectivity index (χ3v) is 3.38. The van der Waals surface area contributed by atoms with Gasteiger partial charge in [-0.3, -0.25) is 10.1 Å². The minimum Gasteiger partial charge on any atom is -0.497 e. The summed E-state index contributed by atoms with van der Waals surface area (Å²) in [6, 6.07) is 14.7. The Labute approximate surface area is 123 Å². The first-order valence-electron chi connectivity index (χ1n) is 6.71. The van der Waals surface area contributed by atoms with Crippen LogP contribution in [-0.2, 0) is 6.54 Å². The fourth-order valence-corrected chi connectivity index (χ4v) is 2.02. The van der Waals surface area contributed by atoms with Crippen LogP contribution in [-0.4, -0.2) is 12.0 Å². The maximum absolute atomic E-state index is 10.6. The van der Waals surface area contributed by atoms with Gasteiger partial charge in [-0.25, -0.2) is 0 Å². The van der Waals surface area contributed by atoms with E-state index in [-0.39, 0.29) is 11.7 Å². The van der Waals surface area contributed by atoms with Crippen LogP contribution in [0.2, 0.25) is 0 Å². The van der Waals surface area contributed by atoms with Gasteiger partial charge in [0.25, 0.3) is 5.69 Å². The van der Waals surface area contributed by atoms with Gasteiger partial charge in [0.15, 0.2) is 0 Å². The van der Waals surface area contributed by atoms with Crippen LogP contribution in [0.5, 0.6) is 5.75 Å². The number of nitrogens with zero attached hydrogens (tertiary/aromatic N) is 1. The average Bonchev–Trinajstić information content (AvgIpc) is 2.53. The fraction of sp³-hybridized carbons (Fsp3) is 0.250. The number of non-ortho nitro benzene ring substituents is 1. The Bertz CT molecular complexity index is 594. The summed E-state index contributed by atoms with van der Waals surface area (Å²) in [5.74, 6) is 0.835. The van der Waals surface area contributed by atoms with E-state index >= 15 is 0 Å². The summed E-state index contributed by atoms with van der Waals surface area (Å²) in [6.45, 7) is 2.73. The van der Waals surface area contributed by atoms with Crippen molar-refractivity contribution in [1.82, 2.24) is 5.32 Å². The molecule has 0 amide bonds. The number of ether oxygens (including phenoxy) is 1. The van der Waals surface area contributed by atoms with E-state index in [0.29, 0.717) is 6.54 Å². The van der Waals surface area contributed by atoms with Gasteiger partial charge in [-0.1, -0.05) is 24.3 Å². The molecule has 0 aliphatic heterocycles. The molecular formula is C16H18N2O3. The van der Waals surface area contributed by atoms with Gasteiger partial charge in [-0.15, -0.1) is 0 Å². The number of hydrogen-bond donors (Lipinski definition) is 1. The second kappa shape index (κ2) is 6.85. The molecule has 0 spiro atoms. The molecular weight excluding hydrogens is 268 g/mol. The highest BCUT2D eigenvalue weighted by Crippen LogP contribution is 2.18. The first-order chi connectivity index (χ1) is 10.1. The molecule has 0 heterocycles. The highest BCUT2D eigenvalue weighted by molar-refractivity contribution is 5.33. The number of methoxy groups -OCH3 is 1. The molecule has 5 heteroatoms. The van der Waals surface area contributed by atoms with Crippen LogP contribution < -0.4 is 10.1 Å². The molecule has 1 N–H and O–H groups in total. The summed E-state index contributed by atoms with van der Waals surface area (Å²) in [6.07, 6.45) is 0. The van der Waals surface area contributed by atoms with E-state index in [1.807, 2.05) is 24.3 Å². The highest BCUT2D eigenvalue weighted by atomic mass is 16.6. The van der Waals surface area contributed by atoms with Crippen LogP contribution in [0, 0.1) is 10.1 Å². The molecule has 0 bridgehead atoms. The molecule has 1 atom stereocenters. The molecule has 0 aliphatic rings. The van der Waals surface area contributed by atoms with Crippen LogP contribution in [0.1, 0.15) is 24.1 Å². The Balaban J connectivity index is 1.93. The van der Waals surface area contributed by atoms with E-state index < -0.39 is 4.92 Å². The van der Waals surface area contributed by atoms with E-state index in [2.05, 4.69) is 12.2 Å². The molecule has 110 valence electrons. The topological polar surface area (TPSA) is 64.4 Å². The largest absolute Gasteiger partial charge is 0.497 e. The molecule has 5 nitrogen and oxygen atoms in total. The third kappa shape index (κ3) is 4.03. The molecule has 0 saturated carbocycles. The minimum absolute atomic E-state index is 0.113. The predicted octanol–water partition coefficient (Wildman–Crippen LogP) is 3.45. The minimum atomic E-state index is -0.392. The van der Waals surface area contributed by atoms with Crippen molar-refractivity contribution in [3.05, 3.63) is 69.8 Å². The lowest BCUT2D eigenvalue weighted by molar-refractivity contribution is -0.384. The number of benzene rings is 2. The van der Waals surface area contributed by atoms with Gasteiger partial charge in [0, 0.05) is 24.7 Å². The maximum Gasteiger partial charge on any atom is 0.269 e. The molecule has 0 fully saturated rings. The normalized spacial score (nSPS) is 11.9. The van der Waals surface area contributed by atoms with Gasteiger partial charge in [-0.05, 0) is 30.2 Å². The number of nitrogens with one attached hydrogen (secondary N) is 1. The summed E-state index contributed by atoms with van der Waals surface area (Å²) in [7, 11) is 1.64. The molecule has 0 radical (unpaired) electrons. The summed E-state index contributed by atoms with van der Waals surface area (Å²) < 4.78 is 5.13. The van der Waals surface area contributed by atoms with Crippen LogP contribution in [0.15, 0.2) is 48.5 Å². The zero-order valence-corrected chi connectivity index (χ0v) is 12.1. The Kier molecular flexibility index (Phi) is 4.90. The third-order valence-electron chi connectivity index (χ3n) is 3.38. The van der Waals surface area contributed by atoms with Crippen molar-refractivity contribution >= 4 is 5.69 Å². The van der Waals surface area contributed by atoms with Crippen molar-refractivity contribution < 1.29 is 9.66 Å². The standard InChI is InChI=1S/C16H18N2O3/c1-12(14-5-9-16(21-2)10-6-14)17-11-13-3-7-15(8-4-13)18(19)20/h3-10,12,17H,11H2,1-2H3. The average molecular weight is 286 g/mol. The molecule has 2 rings (SSSR count). The number of rotatable bonds is 6. The van der Waals surface area contributed by atoms with Crippen molar-refractivity contribution in [1.29, 1.82) is 0 Å². The first-order valence-corrected chi connectivity index (χ1v) is 6.71. The van der Waals surface area contributed by atoms with Gasteiger partial charge in [0.2, 0.25) is 0 Å². The summed E-state index contributed by atoms with van der Waals surface area (Å²) in [5, 5.41) is 14.0. The predicted molar refractivity (Wildman–Crippen MR) is 81.3 cm³/mol. The second-order valence-electron chi connectivity index (χ2n) is 4.80. The molecule has 21 heavy (non-hydrogen) atoms. The SMILES string of the molecule is COc1ccc(C(C)NCc2ccc([N+](=O)[O-])cc2)cc1. The van der Waals surface area contributed by atoms with Crippen molar-refractivity contribution in [2.24, 2.45) is 0 Å². The van der Waals surface area contributed by atoms with Gasteiger partial charge in [0.1, 0.15) is 5.75 Å². The van der Waals surface area contributed by atoms with Gasteiger partial charge < -0.3 is 10.1 Å². The lowest BCUT2D eigenvalue weighted by Gasteiger charge is -2.14. The first kappa shape index (κ1) is 15.0. The monoisotopic (exact) mass is 286 g/mol. The van der Waals surface area contributed by atoms with Gasteiger partial charge in [0.05, 0.1) is 12.0 Å². The van der Waals surface area contributed by atoms with Crippen LogP contribution in [0.3, 0.4) is 0 Å². The molecule has 2 aromatic carbocycles. The van der Waals surface area contributed by atoms with E-state index in [4.69, 9.17) is 4.74 Å². The molecule has 0 saturated heterocycles. The van der Waals surface area contributed by atoms with Gasteiger partial charge in [-0.2, -0.15) is 0 Å². The second-order valence-corrected chi connectivity index (χ2v) is 4.80. The highest BCUT2D eigenvalue weighted by Gasteiger charge is 2.07. The Morgan fingerprint density at radius 1 is 1.14 bits per heavy atom. The molecule has 0 aromatic heterocycles. The van der Waals surface area contributed by atoms with E-state index in [1.54, 1.807) is 19.2 Å².